The van der Waals surface area contributed by atoms with E-state index in [-0.39, 0.29) is 0 Å². The summed E-state index contributed by atoms with van der Waals surface area (Å²) in [5, 5.41) is 2.92. The largest absolute Gasteiger partial charge is 0.368 e. The molecule has 40 valence electrons. The number of hydrogen-bond acceptors (Lipinski definition) is 1. The highest BCUT2D eigenvalue weighted by Gasteiger charge is 1.55. The third-order valence-corrected chi connectivity index (χ3v) is 0.526. The molecule has 0 rings (SSSR count). The van der Waals surface area contributed by atoms with Crippen LogP contribution in [0.25, 0.3) is 0 Å². The van der Waals surface area contributed by atoms with Gasteiger partial charge in [-0.25, -0.2) is 0 Å². The fourth-order valence-corrected chi connectivity index (χ4v) is 0.248. The Hall–Kier alpha value is -0.720. The highest BCUT2D eigenvalue weighted by Crippen LogP contribution is 1.64. The van der Waals surface area contributed by atoms with Crippen LogP contribution in [0.5, 0.6) is 0 Å². The second-order valence-electron chi connectivity index (χ2n) is 1.17. The minimum Gasteiger partial charge on any atom is -0.368 e. The van der Waals surface area contributed by atoms with Gasteiger partial charge in [-0.3, -0.25) is 0 Å². The first-order chi connectivity index (χ1) is 3.41. The third kappa shape index (κ3) is 5.28. The van der Waals surface area contributed by atoms with Crippen molar-refractivity contribution in [1.82, 2.24) is 5.32 Å². The standard InChI is InChI=1S/C6H11N/c1-3-5-7-6-4-2/h3-7H,1-2H3/b5-3-,6-4-. The molecule has 0 saturated carbocycles. The summed E-state index contributed by atoms with van der Waals surface area (Å²) in [6.45, 7) is 3.94. The lowest BCUT2D eigenvalue weighted by Gasteiger charge is -1.81. The SMILES string of the molecule is C/C=C\N/C=C\C. The van der Waals surface area contributed by atoms with Gasteiger partial charge in [0.05, 0.1) is 0 Å². The van der Waals surface area contributed by atoms with Crippen molar-refractivity contribution in [1.29, 1.82) is 0 Å². The molecule has 1 nitrogen and oxygen atoms in total. The minimum atomic E-state index is 1.88. The van der Waals surface area contributed by atoms with Gasteiger partial charge in [0.2, 0.25) is 0 Å². The number of nitrogens with one attached hydrogen (secondary N) is 1. The molecule has 7 heavy (non-hydrogen) atoms. The lowest BCUT2D eigenvalue weighted by atomic mass is 10.6. The molecule has 0 fully saturated rings. The van der Waals surface area contributed by atoms with Crippen molar-refractivity contribution in [2.24, 2.45) is 0 Å². The predicted molar refractivity (Wildman–Crippen MR) is 32.8 cm³/mol. The van der Waals surface area contributed by atoms with Crippen molar-refractivity contribution in [3.63, 3.8) is 0 Å². The average molecular weight is 97.2 g/mol. The van der Waals surface area contributed by atoms with E-state index in [1.807, 2.05) is 38.4 Å². The van der Waals surface area contributed by atoms with Gasteiger partial charge in [0, 0.05) is 0 Å². The highest BCUT2D eigenvalue weighted by atomic mass is 14.8. The van der Waals surface area contributed by atoms with Crippen LogP contribution in [0.4, 0.5) is 0 Å². The maximum Gasteiger partial charge on any atom is -0.00386 e. The Kier molecular flexibility index (Phi) is 4.74. The molecule has 0 spiro atoms. The second kappa shape index (κ2) is 5.28. The van der Waals surface area contributed by atoms with Crippen molar-refractivity contribution in [3.8, 4) is 0 Å². The highest BCUT2D eigenvalue weighted by molar-refractivity contribution is 4.83. The molecule has 0 amide bonds. The van der Waals surface area contributed by atoms with E-state index < -0.39 is 0 Å². The van der Waals surface area contributed by atoms with Crippen molar-refractivity contribution < 1.29 is 0 Å². The first kappa shape index (κ1) is 6.28. The van der Waals surface area contributed by atoms with E-state index in [9.17, 15) is 0 Å². The number of rotatable bonds is 2. The van der Waals surface area contributed by atoms with Gasteiger partial charge in [-0.15, -0.1) is 0 Å². The van der Waals surface area contributed by atoms with Crippen LogP contribution in [0.15, 0.2) is 24.6 Å². The number of hydrogen-bond donors (Lipinski definition) is 1. The molecule has 0 aliphatic carbocycles. The Balaban J connectivity index is 2.98. The molecule has 0 heterocycles. The Morgan fingerprint density at radius 2 is 1.43 bits per heavy atom. The van der Waals surface area contributed by atoms with Gasteiger partial charge in [-0.05, 0) is 26.2 Å². The molecule has 0 aromatic heterocycles. The second-order valence-corrected chi connectivity index (χ2v) is 1.17. The summed E-state index contributed by atoms with van der Waals surface area (Å²) in [4.78, 5) is 0. The summed E-state index contributed by atoms with van der Waals surface area (Å²) in [6, 6.07) is 0. The van der Waals surface area contributed by atoms with Crippen LogP contribution in [0.3, 0.4) is 0 Å². The molecule has 0 aliphatic heterocycles. The molecule has 0 saturated heterocycles. The molecular formula is C6H11N. The summed E-state index contributed by atoms with van der Waals surface area (Å²) in [6.07, 6.45) is 7.64. The van der Waals surface area contributed by atoms with Crippen LogP contribution in [-0.4, -0.2) is 0 Å². The van der Waals surface area contributed by atoms with Crippen LogP contribution in [0.2, 0.25) is 0 Å². The summed E-state index contributed by atoms with van der Waals surface area (Å²) < 4.78 is 0. The Morgan fingerprint density at radius 3 is 1.71 bits per heavy atom. The average Bonchev–Trinajstić information content (AvgIpc) is 1.69. The normalized spacial score (nSPS) is 11.1. The smallest absolute Gasteiger partial charge is 0.00386 e. The molecule has 0 radical (unpaired) electrons. The zero-order chi connectivity index (χ0) is 5.54. The van der Waals surface area contributed by atoms with E-state index in [4.69, 9.17) is 0 Å². The van der Waals surface area contributed by atoms with Crippen molar-refractivity contribution in [2.45, 2.75) is 13.8 Å². The van der Waals surface area contributed by atoms with Crippen LogP contribution >= 0.6 is 0 Å². The first-order valence-electron chi connectivity index (χ1n) is 2.40. The fraction of sp³-hybridized carbons (Fsp3) is 0.333. The molecule has 0 aromatic rings. The van der Waals surface area contributed by atoms with Crippen LogP contribution in [-0.2, 0) is 0 Å². The lowest BCUT2D eigenvalue weighted by Crippen LogP contribution is -1.88. The van der Waals surface area contributed by atoms with Gasteiger partial charge in [-0.2, -0.15) is 0 Å². The molecule has 1 N–H and O–H groups in total. The lowest BCUT2D eigenvalue weighted by molar-refractivity contribution is 1.18. The molecule has 0 bridgehead atoms. The van der Waals surface area contributed by atoms with E-state index in [2.05, 4.69) is 5.32 Å². The third-order valence-electron chi connectivity index (χ3n) is 0.526. The summed E-state index contributed by atoms with van der Waals surface area (Å²) >= 11 is 0. The van der Waals surface area contributed by atoms with Gasteiger partial charge in [0.15, 0.2) is 0 Å². The zero-order valence-electron chi connectivity index (χ0n) is 4.81. The molecule has 0 aromatic carbocycles. The minimum absolute atomic E-state index is 1.88. The Morgan fingerprint density at radius 1 is 1.00 bits per heavy atom. The van der Waals surface area contributed by atoms with E-state index in [0.717, 1.165) is 0 Å². The Bertz CT molecular complexity index is 62.2. The first-order valence-corrected chi connectivity index (χ1v) is 2.40. The van der Waals surface area contributed by atoms with E-state index in [0.29, 0.717) is 0 Å². The van der Waals surface area contributed by atoms with E-state index in [1.54, 1.807) is 0 Å². The van der Waals surface area contributed by atoms with Gasteiger partial charge >= 0.3 is 0 Å². The maximum absolute atomic E-state index is 2.92. The summed E-state index contributed by atoms with van der Waals surface area (Å²) in [7, 11) is 0. The van der Waals surface area contributed by atoms with Gasteiger partial charge in [-0.1, -0.05) is 12.2 Å². The van der Waals surface area contributed by atoms with Crippen molar-refractivity contribution in [2.75, 3.05) is 0 Å². The van der Waals surface area contributed by atoms with Gasteiger partial charge < -0.3 is 5.32 Å². The molecule has 0 unspecified atom stereocenters. The van der Waals surface area contributed by atoms with Crippen LogP contribution in [0.1, 0.15) is 13.8 Å². The maximum atomic E-state index is 2.92. The molecule has 1 heteroatoms. The molecule has 0 aliphatic rings. The zero-order valence-corrected chi connectivity index (χ0v) is 4.81. The summed E-state index contributed by atoms with van der Waals surface area (Å²) in [5.74, 6) is 0. The number of allylic oxidation sites excluding steroid dienone is 2. The van der Waals surface area contributed by atoms with E-state index >= 15 is 0 Å². The molecule has 0 atom stereocenters. The summed E-state index contributed by atoms with van der Waals surface area (Å²) in [5.41, 5.74) is 0. The molecular weight excluding hydrogens is 86.1 g/mol. The quantitative estimate of drug-likeness (QED) is 0.552. The van der Waals surface area contributed by atoms with Crippen LogP contribution in [0, 0.1) is 0 Å². The predicted octanol–water partition coefficient (Wildman–Crippen LogP) is 1.64. The van der Waals surface area contributed by atoms with Crippen LogP contribution < -0.4 is 5.32 Å². The van der Waals surface area contributed by atoms with Crippen molar-refractivity contribution in [3.05, 3.63) is 24.6 Å². The Labute approximate surface area is 44.7 Å². The van der Waals surface area contributed by atoms with Crippen molar-refractivity contribution >= 4 is 0 Å². The van der Waals surface area contributed by atoms with E-state index in [1.165, 1.54) is 0 Å². The van der Waals surface area contributed by atoms with Gasteiger partial charge in [0.25, 0.3) is 0 Å². The monoisotopic (exact) mass is 97.1 g/mol. The van der Waals surface area contributed by atoms with Gasteiger partial charge in [0.1, 0.15) is 0 Å². The fourth-order valence-electron chi connectivity index (χ4n) is 0.248. The topological polar surface area (TPSA) is 12.0 Å².